The van der Waals surface area contributed by atoms with Crippen LogP contribution in [0.1, 0.15) is 41.5 Å². The van der Waals surface area contributed by atoms with Crippen LogP contribution in [-0.2, 0) is 4.79 Å². The lowest BCUT2D eigenvalue weighted by atomic mass is 9.97. The van der Waals surface area contributed by atoms with Gasteiger partial charge in [0.25, 0.3) is 11.6 Å². The van der Waals surface area contributed by atoms with Crippen molar-refractivity contribution in [3.63, 3.8) is 0 Å². The largest absolute Gasteiger partial charge is 0.327 e. The average Bonchev–Trinajstić information content (AvgIpc) is 3.41. The third-order valence-electron chi connectivity index (χ3n) is 6.67. The molecule has 4 aromatic rings. The van der Waals surface area contributed by atoms with Gasteiger partial charge >= 0.3 is 0 Å². The van der Waals surface area contributed by atoms with Crippen LogP contribution >= 0.6 is 0 Å². The maximum atomic E-state index is 14.1. The summed E-state index contributed by atoms with van der Waals surface area (Å²) in [4.78, 5) is 41.3. The minimum absolute atomic E-state index is 0.128. The summed E-state index contributed by atoms with van der Waals surface area (Å²) in [6.07, 6.45) is 1.92. The minimum atomic E-state index is -0.561. The molecule has 38 heavy (non-hydrogen) atoms. The molecular formula is C29H25FN4O4. The summed E-state index contributed by atoms with van der Waals surface area (Å²) in [6.45, 7) is 3.32. The third kappa shape index (κ3) is 4.43. The van der Waals surface area contributed by atoms with Crippen LogP contribution in [0.4, 0.5) is 15.8 Å². The van der Waals surface area contributed by atoms with E-state index in [2.05, 4.69) is 0 Å². The molecule has 1 aliphatic rings. The number of carbonyl (C=O) groups is 2. The maximum absolute atomic E-state index is 14.1. The summed E-state index contributed by atoms with van der Waals surface area (Å²) in [5, 5.41) is 11.2. The molecule has 0 saturated carbocycles. The van der Waals surface area contributed by atoms with Gasteiger partial charge in [-0.25, -0.2) is 4.39 Å². The number of rotatable bonds is 6. The van der Waals surface area contributed by atoms with Crippen molar-refractivity contribution in [1.82, 2.24) is 9.47 Å². The second-order valence-corrected chi connectivity index (χ2v) is 9.34. The van der Waals surface area contributed by atoms with Crippen molar-refractivity contribution >= 4 is 23.2 Å². The maximum Gasteiger partial charge on any atom is 0.270 e. The van der Waals surface area contributed by atoms with E-state index in [0.717, 1.165) is 16.9 Å². The van der Waals surface area contributed by atoms with Crippen molar-refractivity contribution in [3.8, 4) is 5.69 Å². The Morgan fingerprint density at radius 1 is 0.974 bits per heavy atom. The van der Waals surface area contributed by atoms with Gasteiger partial charge < -0.3 is 9.47 Å². The fourth-order valence-corrected chi connectivity index (χ4v) is 4.85. The predicted octanol–water partition coefficient (Wildman–Crippen LogP) is 5.51. The molecule has 1 atom stereocenters. The summed E-state index contributed by atoms with van der Waals surface area (Å²) < 4.78 is 15.8. The van der Waals surface area contributed by atoms with Gasteiger partial charge in [-0.15, -0.1) is 0 Å². The molecule has 0 radical (unpaired) electrons. The number of halogens is 1. The highest BCUT2D eigenvalue weighted by atomic mass is 19.1. The number of non-ortho nitro benzene ring substituents is 1. The van der Waals surface area contributed by atoms with Gasteiger partial charge in [-0.3, -0.25) is 24.6 Å². The third-order valence-corrected chi connectivity index (χ3v) is 6.67. The van der Waals surface area contributed by atoms with Gasteiger partial charge in [0.1, 0.15) is 18.4 Å². The Balaban J connectivity index is 1.56. The molecule has 8 nitrogen and oxygen atoms in total. The molecule has 0 spiro atoms. The first-order valence-electron chi connectivity index (χ1n) is 12.2. The van der Waals surface area contributed by atoms with Gasteiger partial charge in [0.05, 0.1) is 22.0 Å². The summed E-state index contributed by atoms with van der Waals surface area (Å²) in [5.41, 5.74) is 2.93. The molecule has 2 amide bonds. The van der Waals surface area contributed by atoms with Crippen molar-refractivity contribution in [2.75, 3.05) is 11.4 Å². The molecule has 9 heteroatoms. The number of nitro benzene ring substituents is 1. The number of hydrogen-bond acceptors (Lipinski definition) is 4. The molecule has 1 unspecified atom stereocenters. The van der Waals surface area contributed by atoms with Crippen LogP contribution < -0.4 is 4.90 Å². The molecule has 0 bridgehead atoms. The smallest absolute Gasteiger partial charge is 0.270 e. The Morgan fingerprint density at radius 2 is 1.68 bits per heavy atom. The van der Waals surface area contributed by atoms with E-state index in [-0.39, 0.29) is 35.6 Å². The zero-order chi connectivity index (χ0) is 27.0. The number of carbonyl (C=O) groups excluding carboxylic acids is 2. The fourth-order valence-electron chi connectivity index (χ4n) is 4.85. The molecule has 1 aliphatic heterocycles. The number of benzene rings is 3. The number of anilines is 1. The van der Waals surface area contributed by atoms with Gasteiger partial charge in [-0.2, -0.15) is 0 Å². The van der Waals surface area contributed by atoms with Crippen LogP contribution in [0.5, 0.6) is 0 Å². The number of nitrogens with zero attached hydrogens (tertiary/aromatic N) is 4. The van der Waals surface area contributed by atoms with Crippen LogP contribution in [0.2, 0.25) is 0 Å². The van der Waals surface area contributed by atoms with E-state index >= 15 is 0 Å². The number of fused-ring (bicyclic) bond motifs is 3. The summed E-state index contributed by atoms with van der Waals surface area (Å²) in [5.74, 6) is -1.21. The first kappa shape index (κ1) is 24.9. The molecule has 192 valence electrons. The SMILES string of the molecule is CC(C)N(CC(=O)N1c2ccccc2-n2cccc2C1c1ccc(F)cc1)C(=O)c1cccc([N+](=O)[O-])c1. The normalized spacial score (nSPS) is 14.1. The minimum Gasteiger partial charge on any atom is -0.327 e. The lowest BCUT2D eigenvalue weighted by Gasteiger charge is -2.40. The first-order valence-corrected chi connectivity index (χ1v) is 12.2. The highest BCUT2D eigenvalue weighted by Crippen LogP contribution is 2.42. The molecule has 0 N–H and O–H groups in total. The zero-order valence-corrected chi connectivity index (χ0v) is 20.8. The van der Waals surface area contributed by atoms with Crippen molar-refractivity contribution in [2.24, 2.45) is 0 Å². The van der Waals surface area contributed by atoms with Gasteiger partial charge in [0, 0.05) is 29.9 Å². The molecule has 0 aliphatic carbocycles. The Labute approximate surface area is 218 Å². The summed E-state index contributed by atoms with van der Waals surface area (Å²) in [7, 11) is 0. The van der Waals surface area contributed by atoms with E-state index in [9.17, 15) is 24.1 Å². The van der Waals surface area contributed by atoms with Crippen molar-refractivity contribution in [2.45, 2.75) is 25.9 Å². The number of amides is 2. The average molecular weight is 513 g/mol. The van der Waals surface area contributed by atoms with Gasteiger partial charge in [0.15, 0.2) is 0 Å². The molecule has 5 rings (SSSR count). The molecule has 3 aromatic carbocycles. The second kappa shape index (κ2) is 9.93. The van der Waals surface area contributed by atoms with Crippen LogP contribution in [0.25, 0.3) is 5.69 Å². The van der Waals surface area contributed by atoms with Crippen LogP contribution in [0.15, 0.2) is 91.1 Å². The number of aromatic nitrogens is 1. The summed E-state index contributed by atoms with van der Waals surface area (Å²) >= 11 is 0. The lowest BCUT2D eigenvalue weighted by molar-refractivity contribution is -0.384. The van der Waals surface area contributed by atoms with Crippen molar-refractivity contribution < 1.29 is 18.9 Å². The first-order chi connectivity index (χ1) is 18.3. The number of hydrogen-bond donors (Lipinski definition) is 0. The Morgan fingerprint density at radius 3 is 2.37 bits per heavy atom. The lowest BCUT2D eigenvalue weighted by Crippen LogP contribution is -2.48. The number of para-hydroxylation sites is 2. The van der Waals surface area contributed by atoms with E-state index in [4.69, 9.17) is 0 Å². The number of nitro groups is 1. The van der Waals surface area contributed by atoms with Crippen LogP contribution in [-0.4, -0.2) is 38.8 Å². The van der Waals surface area contributed by atoms with Crippen molar-refractivity contribution in [1.29, 1.82) is 0 Å². The van der Waals surface area contributed by atoms with Crippen LogP contribution in [0.3, 0.4) is 0 Å². The van der Waals surface area contributed by atoms with Gasteiger partial charge in [0.2, 0.25) is 5.91 Å². The Hall–Kier alpha value is -4.79. The highest BCUT2D eigenvalue weighted by molar-refractivity contribution is 6.03. The second-order valence-electron chi connectivity index (χ2n) is 9.34. The van der Waals surface area contributed by atoms with E-state index in [0.29, 0.717) is 5.69 Å². The van der Waals surface area contributed by atoms with Crippen molar-refractivity contribution in [3.05, 3.63) is 124 Å². The summed E-state index contributed by atoms with van der Waals surface area (Å²) in [6, 6.07) is 21.9. The quantitative estimate of drug-likeness (QED) is 0.252. The fraction of sp³-hybridized carbons (Fsp3) is 0.172. The molecule has 0 fully saturated rings. The van der Waals surface area contributed by atoms with Gasteiger partial charge in [-0.1, -0.05) is 30.3 Å². The molecule has 1 aromatic heterocycles. The molecule has 2 heterocycles. The monoisotopic (exact) mass is 512 g/mol. The van der Waals surface area contributed by atoms with Crippen LogP contribution in [0, 0.1) is 15.9 Å². The van der Waals surface area contributed by atoms with Gasteiger partial charge in [-0.05, 0) is 61.9 Å². The van der Waals surface area contributed by atoms with E-state index in [1.165, 1.54) is 41.3 Å². The van der Waals surface area contributed by atoms with E-state index in [1.54, 1.807) is 30.9 Å². The highest BCUT2D eigenvalue weighted by Gasteiger charge is 2.37. The molecule has 0 saturated heterocycles. The van der Waals surface area contributed by atoms with E-state index in [1.807, 2.05) is 47.2 Å². The standard InChI is InChI=1S/C29H25FN4O4/c1-19(2)32(29(36)21-7-5-8-23(17-21)34(37)38)18-27(35)33-25-10-4-3-9-24(25)31-16-6-11-26(31)28(33)20-12-14-22(30)15-13-20/h3-17,19,28H,18H2,1-2H3. The topological polar surface area (TPSA) is 88.7 Å². The zero-order valence-electron chi connectivity index (χ0n) is 20.8. The Bertz CT molecular complexity index is 1530. The Kier molecular flexibility index (Phi) is 6.50. The predicted molar refractivity (Wildman–Crippen MR) is 141 cm³/mol. The van der Waals surface area contributed by atoms with E-state index < -0.39 is 16.9 Å². The molecular weight excluding hydrogens is 487 g/mol.